The van der Waals surface area contributed by atoms with Crippen molar-refractivity contribution < 1.29 is 13.2 Å². The van der Waals surface area contributed by atoms with Crippen molar-refractivity contribution in [1.82, 2.24) is 15.2 Å². The minimum absolute atomic E-state index is 0.347. The molecule has 0 atom stereocenters. The smallest absolute Gasteiger partial charge is 0.262 e. The molecule has 0 amide bonds. The summed E-state index contributed by atoms with van der Waals surface area (Å²) in [5.74, 6) is 0. The molecule has 6 nitrogen and oxygen atoms in total. The summed E-state index contributed by atoms with van der Waals surface area (Å²) < 4.78 is 29.7. The molecule has 1 aromatic heterocycles. The van der Waals surface area contributed by atoms with E-state index >= 15 is 0 Å². The van der Waals surface area contributed by atoms with Crippen molar-refractivity contribution in [2.24, 2.45) is 0 Å². The molecule has 0 unspecified atom stereocenters. The Kier molecular flexibility index (Phi) is 4.71. The zero-order valence-corrected chi connectivity index (χ0v) is 11.8. The van der Waals surface area contributed by atoms with Crippen molar-refractivity contribution in [3.63, 3.8) is 0 Å². The standard InChI is InChI=1S/C10H17N3O3S2/c1-11-8-9-2-3-10(17-9)18(14,15)12-13-4-6-16-7-5-13/h2-3,11-12H,4-8H2,1H3. The highest BCUT2D eigenvalue weighted by molar-refractivity contribution is 7.91. The summed E-state index contributed by atoms with van der Waals surface area (Å²) in [6.45, 7) is 2.94. The lowest BCUT2D eigenvalue weighted by Crippen LogP contribution is -2.48. The lowest BCUT2D eigenvalue weighted by molar-refractivity contribution is 0.0272. The van der Waals surface area contributed by atoms with Gasteiger partial charge in [-0.3, -0.25) is 0 Å². The maximum absolute atomic E-state index is 12.1. The van der Waals surface area contributed by atoms with Gasteiger partial charge < -0.3 is 10.1 Å². The lowest BCUT2D eigenvalue weighted by atomic mass is 10.5. The van der Waals surface area contributed by atoms with E-state index in [1.807, 2.05) is 13.1 Å². The average molecular weight is 291 g/mol. The fraction of sp³-hybridized carbons (Fsp3) is 0.600. The number of nitrogens with one attached hydrogen (secondary N) is 2. The van der Waals surface area contributed by atoms with E-state index in [0.29, 0.717) is 37.1 Å². The number of morpholine rings is 1. The summed E-state index contributed by atoms with van der Waals surface area (Å²) in [6, 6.07) is 3.47. The largest absolute Gasteiger partial charge is 0.379 e. The zero-order chi connectivity index (χ0) is 13.0. The van der Waals surface area contributed by atoms with E-state index in [1.54, 1.807) is 11.1 Å². The Morgan fingerprint density at radius 3 is 2.78 bits per heavy atom. The van der Waals surface area contributed by atoms with Crippen molar-refractivity contribution >= 4 is 21.4 Å². The first-order valence-electron chi connectivity index (χ1n) is 5.70. The number of hydrogen-bond acceptors (Lipinski definition) is 6. The second-order valence-electron chi connectivity index (χ2n) is 3.95. The summed E-state index contributed by atoms with van der Waals surface area (Å²) in [6.07, 6.45) is 0. The van der Waals surface area contributed by atoms with Crippen LogP contribution in [-0.2, 0) is 21.3 Å². The van der Waals surface area contributed by atoms with E-state index in [4.69, 9.17) is 4.74 Å². The van der Waals surface area contributed by atoms with Crippen molar-refractivity contribution in [2.45, 2.75) is 10.8 Å². The first-order valence-corrected chi connectivity index (χ1v) is 8.00. The van der Waals surface area contributed by atoms with Crippen LogP contribution in [0.1, 0.15) is 4.88 Å². The molecule has 2 rings (SSSR count). The van der Waals surface area contributed by atoms with Crippen LogP contribution in [0.3, 0.4) is 0 Å². The molecule has 2 N–H and O–H groups in total. The normalized spacial score (nSPS) is 18.1. The number of hydrogen-bond donors (Lipinski definition) is 2. The van der Waals surface area contributed by atoms with E-state index in [2.05, 4.69) is 10.1 Å². The molecule has 0 saturated carbocycles. The molecule has 1 aliphatic rings. The molecule has 0 spiro atoms. The van der Waals surface area contributed by atoms with Gasteiger partial charge in [-0.2, -0.15) is 0 Å². The van der Waals surface area contributed by atoms with Crippen LogP contribution in [0.4, 0.5) is 0 Å². The van der Waals surface area contributed by atoms with Crippen LogP contribution in [0.25, 0.3) is 0 Å². The molecule has 0 aromatic carbocycles. The van der Waals surface area contributed by atoms with Crippen LogP contribution in [0.5, 0.6) is 0 Å². The fourth-order valence-electron chi connectivity index (χ4n) is 1.64. The SMILES string of the molecule is CNCc1ccc(S(=O)(=O)NN2CCOCC2)s1. The van der Waals surface area contributed by atoms with Gasteiger partial charge in [-0.1, -0.05) is 0 Å². The van der Waals surface area contributed by atoms with Crippen LogP contribution in [-0.4, -0.2) is 46.8 Å². The molecular weight excluding hydrogens is 274 g/mol. The Labute approximate surface area is 111 Å². The quantitative estimate of drug-likeness (QED) is 0.799. The molecule has 1 aromatic rings. The first kappa shape index (κ1) is 13.9. The molecule has 8 heteroatoms. The van der Waals surface area contributed by atoms with Gasteiger partial charge >= 0.3 is 0 Å². The Bertz CT molecular complexity index is 480. The topological polar surface area (TPSA) is 70.7 Å². The third-order valence-corrected chi connectivity index (χ3v) is 5.47. The highest BCUT2D eigenvalue weighted by Crippen LogP contribution is 2.21. The molecule has 1 saturated heterocycles. The van der Waals surface area contributed by atoms with Gasteiger partial charge in [0.1, 0.15) is 4.21 Å². The third kappa shape index (κ3) is 3.50. The summed E-state index contributed by atoms with van der Waals surface area (Å²) >= 11 is 1.28. The van der Waals surface area contributed by atoms with Crippen molar-refractivity contribution in [3.8, 4) is 0 Å². The number of nitrogens with zero attached hydrogens (tertiary/aromatic N) is 1. The molecule has 18 heavy (non-hydrogen) atoms. The van der Waals surface area contributed by atoms with Gasteiger partial charge in [-0.15, -0.1) is 16.2 Å². The molecule has 1 aliphatic heterocycles. The predicted molar refractivity (Wildman–Crippen MR) is 69.8 cm³/mol. The molecule has 0 radical (unpaired) electrons. The summed E-state index contributed by atoms with van der Waals surface area (Å²) in [4.78, 5) is 3.58. The maximum Gasteiger partial charge on any atom is 0.262 e. The molecule has 102 valence electrons. The zero-order valence-electron chi connectivity index (χ0n) is 10.2. The highest BCUT2D eigenvalue weighted by atomic mass is 32.2. The predicted octanol–water partition coefficient (Wildman–Crippen LogP) is -0.00700. The third-order valence-electron chi connectivity index (χ3n) is 2.51. The minimum Gasteiger partial charge on any atom is -0.379 e. The maximum atomic E-state index is 12.1. The summed E-state index contributed by atoms with van der Waals surface area (Å²) in [5, 5.41) is 4.68. The minimum atomic E-state index is -3.45. The van der Waals surface area contributed by atoms with E-state index in [0.717, 1.165) is 4.88 Å². The fourth-order valence-corrected chi connectivity index (χ4v) is 4.12. The number of ether oxygens (including phenoxy) is 1. The van der Waals surface area contributed by atoms with E-state index in [-0.39, 0.29) is 0 Å². The van der Waals surface area contributed by atoms with Gasteiger partial charge in [0.15, 0.2) is 0 Å². The second-order valence-corrected chi connectivity index (χ2v) is 7.00. The molecule has 0 bridgehead atoms. The van der Waals surface area contributed by atoms with Gasteiger partial charge in [0.05, 0.1) is 13.2 Å². The molecular formula is C10H17N3O3S2. The number of sulfonamides is 1. The number of hydrazine groups is 1. The summed E-state index contributed by atoms with van der Waals surface area (Å²) in [5.41, 5.74) is 0. The summed E-state index contributed by atoms with van der Waals surface area (Å²) in [7, 11) is -1.61. The Morgan fingerprint density at radius 1 is 1.39 bits per heavy atom. The van der Waals surface area contributed by atoms with Crippen LogP contribution < -0.4 is 10.1 Å². The number of rotatable bonds is 5. The Hall–Kier alpha value is -0.510. The Morgan fingerprint density at radius 2 is 2.11 bits per heavy atom. The van der Waals surface area contributed by atoms with Gasteiger partial charge in [-0.25, -0.2) is 13.4 Å². The number of thiophene rings is 1. The van der Waals surface area contributed by atoms with Gasteiger partial charge in [0.25, 0.3) is 10.0 Å². The van der Waals surface area contributed by atoms with Crippen molar-refractivity contribution in [3.05, 3.63) is 17.0 Å². The second kappa shape index (κ2) is 6.09. The van der Waals surface area contributed by atoms with Crippen molar-refractivity contribution in [1.29, 1.82) is 0 Å². The van der Waals surface area contributed by atoms with Gasteiger partial charge in [0.2, 0.25) is 0 Å². The van der Waals surface area contributed by atoms with Crippen LogP contribution >= 0.6 is 11.3 Å². The average Bonchev–Trinajstić information content (AvgIpc) is 2.80. The van der Waals surface area contributed by atoms with Crippen LogP contribution in [0, 0.1) is 0 Å². The van der Waals surface area contributed by atoms with Crippen molar-refractivity contribution in [2.75, 3.05) is 33.4 Å². The molecule has 2 heterocycles. The molecule has 0 aliphatic carbocycles. The lowest BCUT2D eigenvalue weighted by Gasteiger charge is -2.26. The van der Waals surface area contributed by atoms with E-state index in [1.165, 1.54) is 11.3 Å². The van der Waals surface area contributed by atoms with Gasteiger partial charge in [-0.05, 0) is 19.2 Å². The first-order chi connectivity index (χ1) is 8.62. The van der Waals surface area contributed by atoms with E-state index < -0.39 is 10.0 Å². The van der Waals surface area contributed by atoms with E-state index in [9.17, 15) is 8.42 Å². The monoisotopic (exact) mass is 291 g/mol. The van der Waals surface area contributed by atoms with Gasteiger partial charge in [0, 0.05) is 24.5 Å². The molecule has 1 fully saturated rings. The Balaban J connectivity index is 2.04. The van der Waals surface area contributed by atoms with Crippen LogP contribution in [0.15, 0.2) is 16.3 Å². The highest BCUT2D eigenvalue weighted by Gasteiger charge is 2.21. The van der Waals surface area contributed by atoms with Crippen LogP contribution in [0.2, 0.25) is 0 Å².